The summed E-state index contributed by atoms with van der Waals surface area (Å²) < 4.78 is 26.1. The van der Waals surface area contributed by atoms with Crippen LogP contribution in [-0.2, 0) is 11.3 Å². The molecule has 3 aromatic rings. The van der Waals surface area contributed by atoms with Gasteiger partial charge in [0.2, 0.25) is 6.79 Å². The lowest BCUT2D eigenvalue weighted by Crippen LogP contribution is -2.31. The normalized spacial score (nSPS) is 14.3. The lowest BCUT2D eigenvalue weighted by atomic mass is 9.99. The minimum Gasteiger partial charge on any atom is -0.481 e. The second kappa shape index (κ2) is 9.73. The number of tetrazole rings is 1. The number of carboxylic acid groups (broad SMARTS) is 1. The number of carbonyl (C=O) groups is 1. The van der Waals surface area contributed by atoms with Crippen LogP contribution in [0.15, 0.2) is 42.5 Å². The second-order valence-electron chi connectivity index (χ2n) is 7.53. The number of halogens is 1. The number of hydrogen-bond donors (Lipinski definition) is 2. The van der Waals surface area contributed by atoms with Gasteiger partial charge < -0.3 is 14.6 Å². The third-order valence-electron chi connectivity index (χ3n) is 5.29. The van der Waals surface area contributed by atoms with Crippen LogP contribution >= 0.6 is 0 Å². The molecule has 2 N–H and O–H groups in total. The Balaban J connectivity index is 1.73. The number of hydrogen-bond acceptors (Lipinski definition) is 7. The molecule has 168 valence electrons. The lowest BCUT2D eigenvalue weighted by Gasteiger charge is -2.25. The molecule has 1 aromatic heterocycles. The van der Waals surface area contributed by atoms with E-state index in [1.54, 1.807) is 22.9 Å². The predicted molar refractivity (Wildman–Crippen MR) is 112 cm³/mol. The van der Waals surface area contributed by atoms with E-state index in [-0.39, 0.29) is 13.2 Å². The van der Waals surface area contributed by atoms with Crippen LogP contribution in [0.4, 0.5) is 4.39 Å². The highest BCUT2D eigenvalue weighted by Crippen LogP contribution is 2.36. The average molecular weight is 441 g/mol. The number of unbranched alkanes of at least 4 members (excludes halogenated alkanes) is 1. The third-order valence-corrected chi connectivity index (χ3v) is 5.29. The number of benzene rings is 2. The molecule has 0 saturated heterocycles. The molecule has 0 saturated carbocycles. The lowest BCUT2D eigenvalue weighted by molar-refractivity contribution is -0.137. The van der Waals surface area contributed by atoms with E-state index in [4.69, 9.17) is 9.47 Å². The zero-order chi connectivity index (χ0) is 22.5. The number of aryl methyl sites for hydroxylation is 1. The van der Waals surface area contributed by atoms with Crippen LogP contribution in [0.2, 0.25) is 0 Å². The molecule has 2 heterocycles. The highest BCUT2D eigenvalue weighted by atomic mass is 19.1. The molecular formula is C22H24FN5O4. The fourth-order valence-corrected chi connectivity index (χ4v) is 3.64. The molecule has 32 heavy (non-hydrogen) atoms. The monoisotopic (exact) mass is 441 g/mol. The van der Waals surface area contributed by atoms with E-state index in [1.165, 1.54) is 12.1 Å². The standard InChI is InChI=1S/C22H24FN5O4/c1-2-3-10-28-22(25-26-27-28)21(15-6-9-18-19(11-15)32-13-31-18)24-17(12-20(29)30)14-4-7-16(23)8-5-14/h4-9,11,17,21,24H,2-3,10,12-13H2,1H3,(H,29,30). The minimum absolute atomic E-state index is 0.141. The van der Waals surface area contributed by atoms with Crippen molar-refractivity contribution >= 4 is 5.97 Å². The number of ether oxygens (including phenoxy) is 2. The van der Waals surface area contributed by atoms with Gasteiger partial charge in [-0.1, -0.05) is 31.5 Å². The molecule has 0 fully saturated rings. The number of nitrogens with zero attached hydrogens (tertiary/aromatic N) is 4. The zero-order valence-electron chi connectivity index (χ0n) is 17.6. The van der Waals surface area contributed by atoms with E-state index in [9.17, 15) is 14.3 Å². The number of carboxylic acids is 1. The Labute approximate surface area is 184 Å². The molecule has 2 aromatic carbocycles. The summed E-state index contributed by atoms with van der Waals surface area (Å²) in [7, 11) is 0. The molecule has 1 aliphatic rings. The Morgan fingerprint density at radius 3 is 2.69 bits per heavy atom. The quantitative estimate of drug-likeness (QED) is 0.493. The number of aromatic nitrogens is 4. The van der Waals surface area contributed by atoms with Gasteiger partial charge in [-0.25, -0.2) is 9.07 Å². The van der Waals surface area contributed by atoms with Crippen molar-refractivity contribution in [3.8, 4) is 11.5 Å². The minimum atomic E-state index is -0.984. The Hall–Kier alpha value is -3.53. The highest BCUT2D eigenvalue weighted by Gasteiger charge is 2.28. The van der Waals surface area contributed by atoms with Crippen LogP contribution in [0.3, 0.4) is 0 Å². The number of rotatable bonds is 10. The van der Waals surface area contributed by atoms with E-state index in [0.717, 1.165) is 18.4 Å². The van der Waals surface area contributed by atoms with Crippen molar-refractivity contribution in [2.24, 2.45) is 0 Å². The maximum absolute atomic E-state index is 13.5. The first-order valence-electron chi connectivity index (χ1n) is 10.4. The van der Waals surface area contributed by atoms with E-state index in [0.29, 0.717) is 29.4 Å². The Morgan fingerprint density at radius 2 is 1.94 bits per heavy atom. The SMILES string of the molecule is CCCCn1nnnc1C(NC(CC(=O)O)c1ccc(F)cc1)c1ccc2c(c1)OCO2. The molecule has 0 radical (unpaired) electrons. The van der Waals surface area contributed by atoms with Crippen LogP contribution in [-0.4, -0.2) is 38.1 Å². The Kier molecular flexibility index (Phi) is 6.60. The van der Waals surface area contributed by atoms with Crippen molar-refractivity contribution in [2.45, 2.75) is 44.8 Å². The fourth-order valence-electron chi connectivity index (χ4n) is 3.64. The molecule has 2 atom stereocenters. The molecule has 0 amide bonds. The van der Waals surface area contributed by atoms with Gasteiger partial charge >= 0.3 is 5.97 Å². The molecule has 4 rings (SSSR count). The first-order valence-corrected chi connectivity index (χ1v) is 10.4. The molecule has 9 nitrogen and oxygen atoms in total. The van der Waals surface area contributed by atoms with E-state index < -0.39 is 23.9 Å². The first-order chi connectivity index (χ1) is 15.5. The molecule has 0 bridgehead atoms. The Morgan fingerprint density at radius 1 is 1.19 bits per heavy atom. The summed E-state index contributed by atoms with van der Waals surface area (Å²) in [5, 5.41) is 25.1. The van der Waals surface area contributed by atoms with Crippen molar-refractivity contribution in [2.75, 3.05) is 6.79 Å². The Bertz CT molecular complexity index is 1070. The summed E-state index contributed by atoms with van der Waals surface area (Å²) in [6.07, 6.45) is 1.66. The maximum Gasteiger partial charge on any atom is 0.305 e. The van der Waals surface area contributed by atoms with E-state index >= 15 is 0 Å². The van der Waals surface area contributed by atoms with Gasteiger partial charge in [0.1, 0.15) is 5.82 Å². The summed E-state index contributed by atoms with van der Waals surface area (Å²) in [6, 6.07) is 10.1. The van der Waals surface area contributed by atoms with Crippen molar-refractivity contribution < 1.29 is 23.8 Å². The van der Waals surface area contributed by atoms with Gasteiger partial charge in [-0.3, -0.25) is 10.1 Å². The number of aliphatic carboxylic acids is 1. The number of nitrogens with one attached hydrogen (secondary N) is 1. The summed E-state index contributed by atoms with van der Waals surface area (Å²) in [4.78, 5) is 11.6. The number of fused-ring (bicyclic) bond motifs is 1. The van der Waals surface area contributed by atoms with Gasteiger partial charge in [-0.15, -0.1) is 5.10 Å². The van der Waals surface area contributed by atoms with Gasteiger partial charge in [-0.05, 0) is 52.2 Å². The average Bonchev–Trinajstić information content (AvgIpc) is 3.44. The van der Waals surface area contributed by atoms with Crippen molar-refractivity contribution in [1.82, 2.24) is 25.5 Å². The van der Waals surface area contributed by atoms with Crippen LogP contribution in [0.25, 0.3) is 0 Å². The summed E-state index contributed by atoms with van der Waals surface area (Å²) in [5.74, 6) is 0.410. The molecule has 1 aliphatic heterocycles. The zero-order valence-corrected chi connectivity index (χ0v) is 17.6. The molecule has 2 unspecified atom stereocenters. The fraction of sp³-hybridized carbons (Fsp3) is 0.364. The summed E-state index contributed by atoms with van der Waals surface area (Å²) in [6.45, 7) is 2.85. The van der Waals surface area contributed by atoms with Crippen molar-refractivity contribution in [3.05, 3.63) is 65.2 Å². The highest BCUT2D eigenvalue weighted by molar-refractivity contribution is 5.68. The molecule has 0 spiro atoms. The second-order valence-corrected chi connectivity index (χ2v) is 7.53. The molecular weight excluding hydrogens is 417 g/mol. The molecule has 0 aliphatic carbocycles. The van der Waals surface area contributed by atoms with Crippen molar-refractivity contribution in [3.63, 3.8) is 0 Å². The third kappa shape index (κ3) is 4.86. The summed E-state index contributed by atoms with van der Waals surface area (Å²) in [5.41, 5.74) is 1.44. The maximum atomic E-state index is 13.5. The van der Waals surface area contributed by atoms with Crippen LogP contribution in [0.5, 0.6) is 11.5 Å². The van der Waals surface area contributed by atoms with Crippen molar-refractivity contribution in [1.29, 1.82) is 0 Å². The topological polar surface area (TPSA) is 111 Å². The van der Waals surface area contributed by atoms with Gasteiger partial charge in [0, 0.05) is 12.6 Å². The van der Waals surface area contributed by atoms with Crippen LogP contribution in [0.1, 0.15) is 55.2 Å². The van der Waals surface area contributed by atoms with Gasteiger partial charge in [0.15, 0.2) is 17.3 Å². The largest absolute Gasteiger partial charge is 0.481 e. The van der Waals surface area contributed by atoms with Gasteiger partial charge in [0.25, 0.3) is 0 Å². The van der Waals surface area contributed by atoms with Crippen LogP contribution < -0.4 is 14.8 Å². The predicted octanol–water partition coefficient (Wildman–Crippen LogP) is 3.24. The summed E-state index contributed by atoms with van der Waals surface area (Å²) >= 11 is 0. The first kappa shape index (κ1) is 21.7. The smallest absolute Gasteiger partial charge is 0.305 e. The van der Waals surface area contributed by atoms with Gasteiger partial charge in [-0.2, -0.15) is 0 Å². The molecule has 10 heteroatoms. The van der Waals surface area contributed by atoms with E-state index in [2.05, 4.69) is 27.8 Å². The van der Waals surface area contributed by atoms with Crippen LogP contribution in [0, 0.1) is 5.82 Å². The van der Waals surface area contributed by atoms with E-state index in [1.807, 2.05) is 12.1 Å². The van der Waals surface area contributed by atoms with Gasteiger partial charge in [0.05, 0.1) is 12.5 Å².